The summed E-state index contributed by atoms with van der Waals surface area (Å²) in [5.41, 5.74) is 7.18. The lowest BCUT2D eigenvalue weighted by Gasteiger charge is -2.16. The summed E-state index contributed by atoms with van der Waals surface area (Å²) >= 11 is 0. The number of nitrogens with one attached hydrogen (secondary N) is 1. The molecule has 0 aliphatic rings. The first-order valence-electron chi connectivity index (χ1n) is 7.79. The Hall–Kier alpha value is -2.09. The molecule has 0 spiro atoms. The van der Waals surface area contributed by atoms with Crippen molar-refractivity contribution in [2.45, 2.75) is 47.1 Å². The lowest BCUT2D eigenvalue weighted by Crippen LogP contribution is -2.28. The molecule has 0 aromatic heterocycles. The van der Waals surface area contributed by atoms with E-state index in [-0.39, 0.29) is 11.9 Å². The van der Waals surface area contributed by atoms with E-state index in [1.54, 1.807) is 0 Å². The molecule has 1 amide bonds. The van der Waals surface area contributed by atoms with Gasteiger partial charge in [0.15, 0.2) is 0 Å². The number of rotatable bonds is 4. The van der Waals surface area contributed by atoms with Crippen LogP contribution in [-0.4, -0.2) is 5.91 Å². The second-order valence-corrected chi connectivity index (χ2v) is 6.24. The zero-order chi connectivity index (χ0) is 16.3. The first kappa shape index (κ1) is 16.3. The zero-order valence-corrected chi connectivity index (χ0v) is 14.2. The van der Waals surface area contributed by atoms with Crippen LogP contribution in [0.3, 0.4) is 0 Å². The summed E-state index contributed by atoms with van der Waals surface area (Å²) in [6.45, 7) is 10.4. The molecule has 2 rings (SSSR count). The molecule has 1 N–H and O–H groups in total. The summed E-state index contributed by atoms with van der Waals surface area (Å²) in [5, 5.41) is 3.09. The van der Waals surface area contributed by atoms with E-state index in [1.807, 2.05) is 13.0 Å². The normalized spacial score (nSPS) is 12.0. The second-order valence-electron chi connectivity index (χ2n) is 6.24. The molecule has 0 bridgehead atoms. The quantitative estimate of drug-likeness (QED) is 0.893. The third-order valence-electron chi connectivity index (χ3n) is 4.26. The molecule has 0 saturated heterocycles. The molecule has 0 fully saturated rings. The van der Waals surface area contributed by atoms with Crippen LogP contribution in [0.1, 0.15) is 46.3 Å². The number of aryl methyl sites for hydroxylation is 4. The molecule has 0 unspecified atom stereocenters. The van der Waals surface area contributed by atoms with Crippen LogP contribution >= 0.6 is 0 Å². The molecule has 0 aliphatic carbocycles. The Balaban J connectivity index is 2.03. The van der Waals surface area contributed by atoms with Crippen LogP contribution < -0.4 is 5.32 Å². The van der Waals surface area contributed by atoms with Gasteiger partial charge < -0.3 is 5.32 Å². The highest BCUT2D eigenvalue weighted by Gasteiger charge is 2.12. The number of benzene rings is 2. The summed E-state index contributed by atoms with van der Waals surface area (Å²) in [7, 11) is 0. The predicted octanol–water partition coefficient (Wildman–Crippen LogP) is 4.34. The topological polar surface area (TPSA) is 29.1 Å². The lowest BCUT2D eigenvalue weighted by molar-refractivity contribution is -0.121. The van der Waals surface area contributed by atoms with Gasteiger partial charge in [0.25, 0.3) is 0 Å². The maximum atomic E-state index is 12.3. The van der Waals surface area contributed by atoms with Gasteiger partial charge in [-0.05, 0) is 62.4 Å². The van der Waals surface area contributed by atoms with Gasteiger partial charge in [0.2, 0.25) is 5.91 Å². The minimum Gasteiger partial charge on any atom is -0.349 e. The van der Waals surface area contributed by atoms with Gasteiger partial charge in [-0.15, -0.1) is 0 Å². The largest absolute Gasteiger partial charge is 0.349 e. The van der Waals surface area contributed by atoms with Crippen LogP contribution in [-0.2, 0) is 11.2 Å². The zero-order valence-electron chi connectivity index (χ0n) is 14.2. The molecular formula is C20H25NO. The lowest BCUT2D eigenvalue weighted by atomic mass is 10.0. The van der Waals surface area contributed by atoms with Gasteiger partial charge in [-0.1, -0.05) is 42.0 Å². The van der Waals surface area contributed by atoms with Gasteiger partial charge in [0.1, 0.15) is 0 Å². The van der Waals surface area contributed by atoms with Crippen LogP contribution in [0, 0.1) is 27.7 Å². The van der Waals surface area contributed by atoms with Crippen molar-refractivity contribution >= 4 is 5.91 Å². The number of hydrogen-bond acceptors (Lipinski definition) is 1. The minimum atomic E-state index is 0.0255. The van der Waals surface area contributed by atoms with Crippen molar-refractivity contribution in [2.75, 3.05) is 0 Å². The van der Waals surface area contributed by atoms with Crippen LogP contribution in [0.15, 0.2) is 36.4 Å². The maximum absolute atomic E-state index is 12.3. The fraction of sp³-hybridized carbons (Fsp3) is 0.350. The fourth-order valence-electron chi connectivity index (χ4n) is 2.63. The van der Waals surface area contributed by atoms with Crippen molar-refractivity contribution in [3.8, 4) is 0 Å². The van der Waals surface area contributed by atoms with E-state index >= 15 is 0 Å². The van der Waals surface area contributed by atoms with Crippen molar-refractivity contribution in [3.63, 3.8) is 0 Å². The molecule has 2 heteroatoms. The molecular weight excluding hydrogens is 270 g/mol. The molecule has 0 saturated carbocycles. The van der Waals surface area contributed by atoms with Crippen molar-refractivity contribution in [1.82, 2.24) is 5.32 Å². The Morgan fingerprint density at radius 2 is 1.68 bits per heavy atom. The number of hydrogen-bond donors (Lipinski definition) is 1. The van der Waals surface area contributed by atoms with E-state index in [9.17, 15) is 4.79 Å². The van der Waals surface area contributed by atoms with Crippen molar-refractivity contribution < 1.29 is 4.79 Å². The van der Waals surface area contributed by atoms with Crippen LogP contribution in [0.4, 0.5) is 0 Å². The minimum absolute atomic E-state index is 0.0255. The van der Waals surface area contributed by atoms with E-state index < -0.39 is 0 Å². The van der Waals surface area contributed by atoms with Gasteiger partial charge >= 0.3 is 0 Å². The van der Waals surface area contributed by atoms with Crippen molar-refractivity contribution in [3.05, 3.63) is 69.8 Å². The molecule has 116 valence electrons. The molecule has 0 radical (unpaired) electrons. The number of carbonyl (C=O) groups excluding carboxylic acids is 1. The Morgan fingerprint density at radius 1 is 0.955 bits per heavy atom. The first-order valence-corrected chi connectivity index (χ1v) is 7.79. The van der Waals surface area contributed by atoms with E-state index in [4.69, 9.17) is 0 Å². The summed E-state index contributed by atoms with van der Waals surface area (Å²) < 4.78 is 0. The van der Waals surface area contributed by atoms with Gasteiger partial charge in [0.05, 0.1) is 12.5 Å². The van der Waals surface area contributed by atoms with Gasteiger partial charge in [-0.25, -0.2) is 0 Å². The summed E-state index contributed by atoms with van der Waals surface area (Å²) in [5.74, 6) is 0.0673. The Bertz CT molecular complexity index is 688. The number of amides is 1. The highest BCUT2D eigenvalue weighted by atomic mass is 16.1. The SMILES string of the molecule is Cc1ccc(CC(=O)N[C@H](C)c2ccc(C)c(C)c2)c(C)c1. The standard InChI is InChI=1S/C20H25NO/c1-13-6-8-18(16(4)10-13)12-20(22)21-17(5)19-9-7-14(2)15(3)11-19/h6-11,17H,12H2,1-5H3,(H,21,22)/t17-/m1/s1. The van der Waals surface area contributed by atoms with E-state index in [0.717, 1.165) is 11.1 Å². The van der Waals surface area contributed by atoms with E-state index in [0.29, 0.717) is 6.42 Å². The molecule has 22 heavy (non-hydrogen) atoms. The Kier molecular flexibility index (Phi) is 5.02. The molecule has 1 atom stereocenters. The second kappa shape index (κ2) is 6.78. The van der Waals surface area contributed by atoms with Crippen LogP contribution in [0.25, 0.3) is 0 Å². The monoisotopic (exact) mass is 295 g/mol. The van der Waals surface area contributed by atoms with Crippen molar-refractivity contribution in [1.29, 1.82) is 0 Å². The smallest absolute Gasteiger partial charge is 0.224 e. The Labute approximate surface area is 133 Å². The molecule has 2 aromatic carbocycles. The summed E-state index contributed by atoms with van der Waals surface area (Å²) in [6.07, 6.45) is 0.432. The highest BCUT2D eigenvalue weighted by Crippen LogP contribution is 2.17. The first-order chi connectivity index (χ1) is 10.4. The fourth-order valence-corrected chi connectivity index (χ4v) is 2.63. The van der Waals surface area contributed by atoms with Gasteiger partial charge in [-0.3, -0.25) is 4.79 Å². The van der Waals surface area contributed by atoms with E-state index in [1.165, 1.54) is 22.3 Å². The van der Waals surface area contributed by atoms with Crippen LogP contribution in [0.5, 0.6) is 0 Å². The molecule has 0 aliphatic heterocycles. The van der Waals surface area contributed by atoms with E-state index in [2.05, 4.69) is 63.3 Å². The highest BCUT2D eigenvalue weighted by molar-refractivity contribution is 5.79. The average molecular weight is 295 g/mol. The third kappa shape index (κ3) is 3.97. The number of carbonyl (C=O) groups is 1. The summed E-state index contributed by atoms with van der Waals surface area (Å²) in [6, 6.07) is 12.6. The maximum Gasteiger partial charge on any atom is 0.224 e. The summed E-state index contributed by atoms with van der Waals surface area (Å²) in [4.78, 5) is 12.3. The molecule has 0 heterocycles. The van der Waals surface area contributed by atoms with Crippen LogP contribution in [0.2, 0.25) is 0 Å². The van der Waals surface area contributed by atoms with Crippen molar-refractivity contribution in [2.24, 2.45) is 0 Å². The third-order valence-corrected chi connectivity index (χ3v) is 4.26. The van der Waals surface area contributed by atoms with Gasteiger partial charge in [0, 0.05) is 0 Å². The Morgan fingerprint density at radius 3 is 2.32 bits per heavy atom. The van der Waals surface area contributed by atoms with Gasteiger partial charge in [-0.2, -0.15) is 0 Å². The molecule has 2 aromatic rings. The average Bonchev–Trinajstić information content (AvgIpc) is 2.45. The molecule has 2 nitrogen and oxygen atoms in total. The predicted molar refractivity (Wildman–Crippen MR) is 92.1 cm³/mol.